The predicted molar refractivity (Wildman–Crippen MR) is 77.3 cm³/mol. The highest BCUT2D eigenvalue weighted by Gasteiger charge is 2.21. The minimum Gasteiger partial charge on any atom is -0.330 e. The standard InChI is InChI=1S/C14H17F2N3S/c1-9(18-6-2-3-7-18)8-19-13-11(17-14(19)20)5-4-10(15)12(13)16/h4-5,9H,2-3,6-8H2,1H3,(H,17,20). The number of hydrogen-bond acceptors (Lipinski definition) is 2. The van der Waals surface area contributed by atoms with Gasteiger partial charge >= 0.3 is 0 Å². The molecule has 3 nitrogen and oxygen atoms in total. The van der Waals surface area contributed by atoms with E-state index >= 15 is 0 Å². The maximum Gasteiger partial charge on any atom is 0.184 e. The van der Waals surface area contributed by atoms with E-state index < -0.39 is 11.6 Å². The fourth-order valence-electron chi connectivity index (χ4n) is 2.93. The zero-order valence-corrected chi connectivity index (χ0v) is 12.1. The molecule has 1 unspecified atom stereocenters. The highest BCUT2D eigenvalue weighted by molar-refractivity contribution is 7.71. The molecule has 0 spiro atoms. The molecular formula is C14H17F2N3S. The van der Waals surface area contributed by atoms with Gasteiger partial charge in [-0.15, -0.1) is 0 Å². The second-order valence-corrected chi connectivity index (χ2v) is 5.78. The van der Waals surface area contributed by atoms with Crippen LogP contribution in [-0.2, 0) is 6.54 Å². The van der Waals surface area contributed by atoms with Gasteiger partial charge in [-0.3, -0.25) is 4.90 Å². The average molecular weight is 297 g/mol. The first-order valence-electron chi connectivity index (χ1n) is 6.88. The summed E-state index contributed by atoms with van der Waals surface area (Å²) in [6, 6.07) is 2.91. The van der Waals surface area contributed by atoms with Gasteiger partial charge in [-0.05, 0) is 57.2 Å². The number of benzene rings is 1. The molecule has 1 saturated heterocycles. The zero-order valence-electron chi connectivity index (χ0n) is 11.3. The Morgan fingerprint density at radius 2 is 2.00 bits per heavy atom. The van der Waals surface area contributed by atoms with E-state index in [1.54, 1.807) is 4.57 Å². The Hall–Kier alpha value is -1.27. The highest BCUT2D eigenvalue weighted by Crippen LogP contribution is 2.22. The Kier molecular flexibility index (Phi) is 3.60. The number of likely N-dealkylation sites (tertiary alicyclic amines) is 1. The van der Waals surface area contributed by atoms with Crippen molar-refractivity contribution < 1.29 is 8.78 Å². The highest BCUT2D eigenvalue weighted by atomic mass is 32.1. The lowest BCUT2D eigenvalue weighted by Gasteiger charge is -2.24. The van der Waals surface area contributed by atoms with E-state index in [1.807, 2.05) is 0 Å². The number of nitrogens with zero attached hydrogens (tertiary/aromatic N) is 2. The molecule has 1 aromatic carbocycles. The van der Waals surface area contributed by atoms with Gasteiger partial charge in [-0.2, -0.15) is 0 Å². The summed E-state index contributed by atoms with van der Waals surface area (Å²) in [6.45, 7) is 4.80. The average Bonchev–Trinajstić information content (AvgIpc) is 3.04. The minimum absolute atomic E-state index is 0.237. The van der Waals surface area contributed by atoms with Crippen LogP contribution in [0.3, 0.4) is 0 Å². The van der Waals surface area contributed by atoms with E-state index in [1.165, 1.54) is 18.9 Å². The smallest absolute Gasteiger partial charge is 0.184 e. The van der Waals surface area contributed by atoms with E-state index in [0.717, 1.165) is 19.2 Å². The van der Waals surface area contributed by atoms with Crippen molar-refractivity contribution in [2.75, 3.05) is 13.1 Å². The van der Waals surface area contributed by atoms with Crippen LogP contribution in [0.25, 0.3) is 11.0 Å². The number of rotatable bonds is 3. The maximum absolute atomic E-state index is 14.0. The Bertz CT molecular complexity index is 686. The van der Waals surface area contributed by atoms with E-state index in [9.17, 15) is 8.78 Å². The fourth-order valence-corrected chi connectivity index (χ4v) is 3.20. The summed E-state index contributed by atoms with van der Waals surface area (Å²) < 4.78 is 29.6. The summed E-state index contributed by atoms with van der Waals surface area (Å²) in [5.41, 5.74) is 0.781. The lowest BCUT2D eigenvalue weighted by molar-refractivity contribution is 0.236. The van der Waals surface area contributed by atoms with Crippen molar-refractivity contribution >= 4 is 23.3 Å². The molecule has 6 heteroatoms. The lowest BCUT2D eigenvalue weighted by atomic mass is 10.2. The van der Waals surface area contributed by atoms with E-state index in [0.29, 0.717) is 16.8 Å². The quantitative estimate of drug-likeness (QED) is 0.877. The first-order valence-corrected chi connectivity index (χ1v) is 7.29. The summed E-state index contributed by atoms with van der Waals surface area (Å²) in [5, 5.41) is 0. The molecule has 1 fully saturated rings. The molecule has 0 radical (unpaired) electrons. The van der Waals surface area contributed by atoms with Crippen LogP contribution in [0.15, 0.2) is 12.1 Å². The molecule has 2 aromatic rings. The van der Waals surface area contributed by atoms with E-state index in [2.05, 4.69) is 16.8 Å². The summed E-state index contributed by atoms with van der Waals surface area (Å²) in [6.07, 6.45) is 2.40. The zero-order chi connectivity index (χ0) is 14.3. The second-order valence-electron chi connectivity index (χ2n) is 5.39. The molecule has 1 N–H and O–H groups in total. The minimum atomic E-state index is -0.839. The molecule has 20 heavy (non-hydrogen) atoms. The number of H-pyrrole nitrogens is 1. The Balaban J connectivity index is 2.00. The third-order valence-electron chi connectivity index (χ3n) is 4.04. The molecule has 108 valence electrons. The van der Waals surface area contributed by atoms with Crippen LogP contribution in [0.1, 0.15) is 19.8 Å². The molecule has 1 aromatic heterocycles. The number of fused-ring (bicyclic) bond motifs is 1. The van der Waals surface area contributed by atoms with Gasteiger partial charge in [-0.1, -0.05) is 0 Å². The van der Waals surface area contributed by atoms with Gasteiger partial charge in [0.1, 0.15) is 5.52 Å². The van der Waals surface area contributed by atoms with Crippen molar-refractivity contribution in [3.05, 3.63) is 28.5 Å². The SMILES string of the molecule is CC(Cn1c(=S)[nH]c2ccc(F)c(F)c21)N1CCCC1. The van der Waals surface area contributed by atoms with E-state index in [-0.39, 0.29) is 11.6 Å². The van der Waals surface area contributed by atoms with Crippen molar-refractivity contribution in [3.63, 3.8) is 0 Å². The number of aromatic nitrogens is 2. The van der Waals surface area contributed by atoms with Crippen LogP contribution < -0.4 is 0 Å². The molecule has 1 aliphatic rings. The molecule has 0 aliphatic carbocycles. The molecule has 1 aliphatic heterocycles. The Morgan fingerprint density at radius 3 is 2.70 bits per heavy atom. The fraction of sp³-hybridized carbons (Fsp3) is 0.500. The first-order chi connectivity index (χ1) is 9.58. The van der Waals surface area contributed by atoms with Crippen molar-refractivity contribution in [1.82, 2.24) is 14.5 Å². The van der Waals surface area contributed by atoms with Gasteiger partial charge < -0.3 is 9.55 Å². The van der Waals surface area contributed by atoms with Gasteiger partial charge in [0.2, 0.25) is 0 Å². The van der Waals surface area contributed by atoms with Crippen LogP contribution in [0.2, 0.25) is 0 Å². The third kappa shape index (κ3) is 2.27. The summed E-state index contributed by atoms with van der Waals surface area (Å²) in [4.78, 5) is 5.30. The topological polar surface area (TPSA) is 24.0 Å². The summed E-state index contributed by atoms with van der Waals surface area (Å²) in [5.74, 6) is -1.67. The molecule has 3 rings (SSSR count). The van der Waals surface area contributed by atoms with Crippen LogP contribution in [0.5, 0.6) is 0 Å². The van der Waals surface area contributed by atoms with Crippen LogP contribution in [0, 0.1) is 16.4 Å². The largest absolute Gasteiger partial charge is 0.330 e. The molecule has 2 heterocycles. The predicted octanol–water partition coefficient (Wildman–Crippen LogP) is 3.46. The molecule has 0 amide bonds. The van der Waals surface area contributed by atoms with Gasteiger partial charge in [0.05, 0.1) is 5.52 Å². The number of halogens is 2. The van der Waals surface area contributed by atoms with E-state index in [4.69, 9.17) is 12.2 Å². The summed E-state index contributed by atoms with van der Waals surface area (Å²) in [7, 11) is 0. The Labute approximate surface area is 121 Å². The van der Waals surface area contributed by atoms with Crippen molar-refractivity contribution in [2.45, 2.75) is 32.4 Å². The lowest BCUT2D eigenvalue weighted by Crippen LogP contribution is -2.33. The van der Waals surface area contributed by atoms with Gasteiger partial charge in [0.15, 0.2) is 16.4 Å². The van der Waals surface area contributed by atoms with Crippen molar-refractivity contribution in [3.8, 4) is 0 Å². The maximum atomic E-state index is 14.0. The molecule has 0 bridgehead atoms. The van der Waals surface area contributed by atoms with Crippen molar-refractivity contribution in [1.29, 1.82) is 0 Å². The molecular weight excluding hydrogens is 280 g/mol. The molecule has 1 atom stereocenters. The number of imidazole rings is 1. The van der Waals surface area contributed by atoms with Gasteiger partial charge in [0.25, 0.3) is 0 Å². The third-order valence-corrected chi connectivity index (χ3v) is 4.36. The van der Waals surface area contributed by atoms with Gasteiger partial charge in [0, 0.05) is 12.6 Å². The number of nitrogens with one attached hydrogen (secondary N) is 1. The van der Waals surface area contributed by atoms with Crippen LogP contribution in [-0.4, -0.2) is 33.6 Å². The normalized spacial score (nSPS) is 17.9. The number of aromatic amines is 1. The van der Waals surface area contributed by atoms with Crippen LogP contribution in [0.4, 0.5) is 8.78 Å². The molecule has 0 saturated carbocycles. The van der Waals surface area contributed by atoms with Crippen LogP contribution >= 0.6 is 12.2 Å². The van der Waals surface area contributed by atoms with Crippen molar-refractivity contribution in [2.24, 2.45) is 0 Å². The Morgan fingerprint density at radius 1 is 1.30 bits per heavy atom. The van der Waals surface area contributed by atoms with Gasteiger partial charge in [-0.25, -0.2) is 8.78 Å². The number of hydrogen-bond donors (Lipinski definition) is 1. The second kappa shape index (κ2) is 5.26. The first kappa shape index (κ1) is 13.7. The summed E-state index contributed by atoms with van der Waals surface area (Å²) >= 11 is 5.25. The monoisotopic (exact) mass is 297 g/mol.